The van der Waals surface area contributed by atoms with Crippen molar-refractivity contribution in [1.82, 2.24) is 35.8 Å². The van der Waals surface area contributed by atoms with E-state index in [1.54, 1.807) is 46.7 Å². The summed E-state index contributed by atoms with van der Waals surface area (Å²) in [5.74, 6) is 0.456. The molecule has 0 aliphatic heterocycles. The van der Waals surface area contributed by atoms with E-state index in [0.717, 1.165) is 46.1 Å². The van der Waals surface area contributed by atoms with Gasteiger partial charge in [-0.3, -0.25) is 14.8 Å². The van der Waals surface area contributed by atoms with Crippen LogP contribution < -0.4 is 21.7 Å². The molecule has 14 nitrogen and oxygen atoms in total. The van der Waals surface area contributed by atoms with Crippen LogP contribution in [-0.2, 0) is 34.0 Å². The molecular formula is C38H64BIN8O6S3. The van der Waals surface area contributed by atoms with Crippen LogP contribution in [0.2, 0.25) is 6.82 Å². The first-order valence-electron chi connectivity index (χ1n) is 19.0. The summed E-state index contributed by atoms with van der Waals surface area (Å²) < 4.78 is 10.3. The number of carbonyl (C=O) groups is 4. The van der Waals surface area contributed by atoms with Gasteiger partial charge in [-0.25, -0.2) is 19.4 Å². The molecule has 57 heavy (non-hydrogen) atoms. The molecule has 0 aliphatic carbocycles. The number of Topliss-reactive ketones (excluding diaryl/α,β-unsaturated/α-hetero) is 1. The molecule has 0 bridgehead atoms. The lowest BCUT2D eigenvalue weighted by molar-refractivity contribution is -0.122. The van der Waals surface area contributed by atoms with Crippen LogP contribution in [0.4, 0.5) is 14.4 Å². The highest BCUT2D eigenvalue weighted by Crippen LogP contribution is 2.20. The summed E-state index contributed by atoms with van der Waals surface area (Å²) in [4.78, 5) is 65.1. The lowest BCUT2D eigenvalue weighted by Crippen LogP contribution is -2.49. The number of urea groups is 1. The van der Waals surface area contributed by atoms with Gasteiger partial charge in [-0.05, 0) is 58.3 Å². The molecule has 0 spiro atoms. The third kappa shape index (κ3) is 24.0. The van der Waals surface area contributed by atoms with Crippen molar-refractivity contribution in [3.05, 3.63) is 49.3 Å². The molecule has 3 aromatic heterocycles. The molecule has 3 aromatic rings. The third-order valence-electron chi connectivity index (χ3n) is 8.19. The molecule has 0 aliphatic rings. The first kappa shape index (κ1) is 54.1. The average Bonchev–Trinajstić information content (AvgIpc) is 3.95. The van der Waals surface area contributed by atoms with Crippen LogP contribution in [0, 0.1) is 11.8 Å². The Hall–Kier alpha value is -2.88. The molecule has 3 heterocycles. The number of amides is 4. The van der Waals surface area contributed by atoms with E-state index in [9.17, 15) is 19.2 Å². The molecule has 5 N–H and O–H groups in total. The number of thiazole rings is 3. The van der Waals surface area contributed by atoms with Gasteiger partial charge in [-0.1, -0.05) is 41.4 Å². The highest BCUT2D eigenvalue weighted by atomic mass is 127. The van der Waals surface area contributed by atoms with E-state index in [1.165, 1.54) is 29.5 Å². The SMILES string of the molecule is CC(C)c1nc(CN(C)C(=O)N[C@H](C(=O)C[C@@H](C)CC[C@H](C)NC(=O)OCc2cncs2)C(C)C)cs1.C[C@H](N)CC[C@H](C)NC(=O)OCc1cncs1.I.[B]C. The smallest absolute Gasteiger partial charge is 0.407 e. The fourth-order valence-electron chi connectivity index (χ4n) is 4.99. The molecule has 0 saturated carbocycles. The van der Waals surface area contributed by atoms with E-state index < -0.39 is 18.2 Å². The molecule has 0 saturated heterocycles. The summed E-state index contributed by atoms with van der Waals surface area (Å²) >= 11 is 4.50. The zero-order valence-corrected chi connectivity index (χ0v) is 39.9. The van der Waals surface area contributed by atoms with Crippen molar-refractivity contribution in [2.24, 2.45) is 17.6 Å². The van der Waals surface area contributed by atoms with Gasteiger partial charge in [0, 0.05) is 55.3 Å². The van der Waals surface area contributed by atoms with E-state index in [0.29, 0.717) is 18.9 Å². The van der Waals surface area contributed by atoms with Gasteiger partial charge in [0.25, 0.3) is 0 Å². The lowest BCUT2D eigenvalue weighted by atomic mass is 9.90. The number of rotatable bonds is 20. The van der Waals surface area contributed by atoms with Gasteiger partial charge >= 0.3 is 18.2 Å². The largest absolute Gasteiger partial charge is 0.444 e. The third-order valence-corrected chi connectivity index (χ3v) is 10.9. The number of hydrogen-bond donors (Lipinski definition) is 4. The first-order chi connectivity index (χ1) is 26.5. The zero-order valence-electron chi connectivity index (χ0n) is 35.1. The van der Waals surface area contributed by atoms with Crippen molar-refractivity contribution in [2.75, 3.05) is 7.05 Å². The van der Waals surface area contributed by atoms with Crippen LogP contribution in [0.3, 0.4) is 0 Å². The Kier molecular flexibility index (Phi) is 28.7. The Labute approximate surface area is 370 Å². The molecule has 19 heteroatoms. The normalized spacial score (nSPS) is 13.2. The summed E-state index contributed by atoms with van der Waals surface area (Å²) in [7, 11) is 6.21. The van der Waals surface area contributed by atoms with E-state index in [1.807, 2.05) is 46.9 Å². The minimum Gasteiger partial charge on any atom is -0.444 e. The fourth-order valence-corrected chi connectivity index (χ4v) is 6.83. The maximum Gasteiger partial charge on any atom is 0.407 e. The summed E-state index contributed by atoms with van der Waals surface area (Å²) in [5.41, 5.74) is 9.90. The van der Waals surface area contributed by atoms with Gasteiger partial charge < -0.3 is 36.1 Å². The van der Waals surface area contributed by atoms with Gasteiger partial charge in [0.05, 0.1) is 51.9 Å². The van der Waals surface area contributed by atoms with E-state index in [-0.39, 0.29) is 79.0 Å². The Morgan fingerprint density at radius 3 is 1.72 bits per heavy atom. The van der Waals surface area contributed by atoms with Crippen LogP contribution >= 0.6 is 58.0 Å². The Morgan fingerprint density at radius 1 is 0.789 bits per heavy atom. The van der Waals surface area contributed by atoms with Gasteiger partial charge in [0.2, 0.25) is 0 Å². The maximum atomic E-state index is 13.1. The van der Waals surface area contributed by atoms with Crippen LogP contribution in [0.5, 0.6) is 0 Å². The number of ketones is 1. The molecule has 4 amide bonds. The predicted molar refractivity (Wildman–Crippen MR) is 243 cm³/mol. The first-order valence-corrected chi connectivity index (χ1v) is 21.6. The maximum absolute atomic E-state index is 13.1. The minimum atomic E-state index is -0.559. The molecule has 3 rings (SSSR count). The zero-order chi connectivity index (χ0) is 42.2. The Bertz CT molecular complexity index is 1530. The summed E-state index contributed by atoms with van der Waals surface area (Å²) in [6.45, 7) is 18.3. The van der Waals surface area contributed by atoms with Gasteiger partial charge in [-0.2, -0.15) is 0 Å². The minimum absolute atomic E-state index is 0. The van der Waals surface area contributed by atoms with Crippen molar-refractivity contribution in [3.8, 4) is 0 Å². The predicted octanol–water partition coefficient (Wildman–Crippen LogP) is 8.29. The number of ether oxygens (including phenoxy) is 2. The second kappa shape index (κ2) is 30.2. The van der Waals surface area contributed by atoms with Crippen LogP contribution in [0.1, 0.15) is 114 Å². The van der Waals surface area contributed by atoms with Gasteiger partial charge in [0.1, 0.15) is 13.2 Å². The van der Waals surface area contributed by atoms with Gasteiger partial charge in [-0.15, -0.1) is 58.0 Å². The number of nitrogens with two attached hydrogens (primary N) is 1. The molecule has 320 valence electrons. The quantitative estimate of drug-likeness (QED) is 0.0633. The van der Waals surface area contributed by atoms with Crippen molar-refractivity contribution in [3.63, 3.8) is 0 Å². The van der Waals surface area contributed by atoms with E-state index in [4.69, 9.17) is 15.2 Å². The van der Waals surface area contributed by atoms with E-state index >= 15 is 0 Å². The second-order valence-electron chi connectivity index (χ2n) is 14.4. The molecule has 0 fully saturated rings. The standard InChI is InChI=1S/C26H41N5O4S2.C11H19N3O2S.CH3B.HI/c1-16(2)23(30-25(33)31(7)12-20-14-36-24(29-20)17(3)4)22(32)10-18(5)8-9-19(6)28-26(34)35-13-21-11-27-15-37-21;1-8(12)3-4-9(2)14-11(15)16-6-10-5-13-7-17-10;1-2;/h11,14-19,23H,8-10,12-13H2,1-7H3,(H,28,34)(H,30,33);5,7-9H,3-4,6,12H2,1-2H3,(H,14,15);1H3;1H/t18-,19-,23-;8-,9-;;/m00../s1. The van der Waals surface area contributed by atoms with E-state index in [2.05, 4.69) is 52.6 Å². The van der Waals surface area contributed by atoms with Crippen molar-refractivity contribution in [1.29, 1.82) is 0 Å². The van der Waals surface area contributed by atoms with Crippen molar-refractivity contribution < 1.29 is 28.7 Å². The highest BCUT2D eigenvalue weighted by Gasteiger charge is 2.27. The van der Waals surface area contributed by atoms with Crippen molar-refractivity contribution >= 4 is 89.8 Å². The lowest BCUT2D eigenvalue weighted by Gasteiger charge is -2.26. The molecular weight excluding hydrogens is 898 g/mol. The average molecular weight is 963 g/mol. The van der Waals surface area contributed by atoms with Crippen molar-refractivity contribution in [2.45, 2.75) is 144 Å². The fraction of sp³-hybridized carbons (Fsp3) is 0.658. The number of halogens is 1. The molecule has 0 aromatic carbocycles. The molecule has 0 unspecified atom stereocenters. The number of alkyl carbamates (subject to hydrolysis) is 2. The summed E-state index contributed by atoms with van der Waals surface area (Å²) in [6.07, 6.45) is 6.10. The monoisotopic (exact) mass is 962 g/mol. The van der Waals surface area contributed by atoms with Crippen LogP contribution in [0.15, 0.2) is 28.8 Å². The summed E-state index contributed by atoms with van der Waals surface area (Å²) in [5, 5.41) is 11.5. The summed E-state index contributed by atoms with van der Waals surface area (Å²) in [6, 6.07) is -0.685. The molecule has 2 radical (unpaired) electrons. The number of aromatic nitrogens is 3. The number of carbonyl (C=O) groups excluding carboxylic acids is 4. The number of hydrogen-bond acceptors (Lipinski definition) is 13. The van der Waals surface area contributed by atoms with Crippen LogP contribution in [-0.4, -0.2) is 82.9 Å². The topological polar surface area (TPSA) is 191 Å². The molecule has 5 atom stereocenters. The Morgan fingerprint density at radius 2 is 1.30 bits per heavy atom. The Balaban J connectivity index is 0.00000131. The second-order valence-corrected chi connectivity index (χ2v) is 17.3. The highest BCUT2D eigenvalue weighted by molar-refractivity contribution is 14.0. The van der Waals surface area contributed by atoms with Crippen LogP contribution in [0.25, 0.3) is 0 Å². The number of nitrogens with one attached hydrogen (secondary N) is 3. The number of nitrogens with zero attached hydrogens (tertiary/aromatic N) is 4. The van der Waals surface area contributed by atoms with Gasteiger partial charge in [0.15, 0.2) is 5.78 Å².